The minimum absolute atomic E-state index is 0.237. The average Bonchev–Trinajstić information content (AvgIpc) is 2.36. The number of ether oxygens (including phenoxy) is 1. The molecule has 18 heavy (non-hydrogen) atoms. The predicted molar refractivity (Wildman–Crippen MR) is 73.1 cm³/mol. The van der Waals surface area contributed by atoms with Crippen molar-refractivity contribution in [3.05, 3.63) is 28.2 Å². The average molecular weight is 311 g/mol. The Kier molecular flexibility index (Phi) is 5.66. The summed E-state index contributed by atoms with van der Waals surface area (Å²) in [5.41, 5.74) is 1.26. The fraction of sp³-hybridized carbons (Fsp3) is 0.385. The molecule has 96 valence electrons. The summed E-state index contributed by atoms with van der Waals surface area (Å²) in [5.74, 6) is -0.492. The molecular formula is C13H15BrN2O2. The molecule has 0 saturated carbocycles. The van der Waals surface area contributed by atoms with Crippen LogP contribution in [0.2, 0.25) is 0 Å². The van der Waals surface area contributed by atoms with Gasteiger partial charge in [-0.2, -0.15) is 5.26 Å². The fourth-order valence-corrected chi connectivity index (χ4v) is 1.75. The molecule has 0 fully saturated rings. The van der Waals surface area contributed by atoms with E-state index in [4.69, 9.17) is 10.00 Å². The van der Waals surface area contributed by atoms with E-state index < -0.39 is 0 Å². The molecule has 0 amide bonds. The summed E-state index contributed by atoms with van der Waals surface area (Å²) in [6, 6.07) is 7.45. The van der Waals surface area contributed by atoms with Gasteiger partial charge in [0.25, 0.3) is 0 Å². The van der Waals surface area contributed by atoms with E-state index >= 15 is 0 Å². The third kappa shape index (κ3) is 4.04. The van der Waals surface area contributed by atoms with E-state index in [-0.39, 0.29) is 11.9 Å². The number of hydrogen-bond donors (Lipinski definition) is 1. The minimum Gasteiger partial charge on any atom is -0.466 e. The maximum absolute atomic E-state index is 11.4. The van der Waals surface area contributed by atoms with Crippen molar-refractivity contribution in [3.8, 4) is 6.07 Å². The van der Waals surface area contributed by atoms with Crippen LogP contribution in [0.15, 0.2) is 22.7 Å². The lowest BCUT2D eigenvalue weighted by Gasteiger charge is -2.13. The van der Waals surface area contributed by atoms with E-state index in [1.807, 2.05) is 6.07 Å². The molecule has 0 radical (unpaired) electrons. The van der Waals surface area contributed by atoms with Gasteiger partial charge in [-0.1, -0.05) is 22.9 Å². The van der Waals surface area contributed by atoms with Gasteiger partial charge in [-0.05, 0) is 25.1 Å². The molecule has 0 saturated heterocycles. The molecule has 0 heterocycles. The van der Waals surface area contributed by atoms with Gasteiger partial charge in [0, 0.05) is 11.0 Å². The van der Waals surface area contributed by atoms with Gasteiger partial charge < -0.3 is 10.1 Å². The topological polar surface area (TPSA) is 62.1 Å². The third-order valence-corrected chi connectivity index (χ3v) is 2.88. The van der Waals surface area contributed by atoms with Gasteiger partial charge in [0.1, 0.15) is 6.07 Å². The number of esters is 1. The summed E-state index contributed by atoms with van der Waals surface area (Å²) in [7, 11) is 0. The molecule has 0 spiro atoms. The van der Waals surface area contributed by atoms with Gasteiger partial charge >= 0.3 is 5.97 Å². The zero-order valence-electron chi connectivity index (χ0n) is 10.4. The lowest BCUT2D eigenvalue weighted by atomic mass is 10.1. The Morgan fingerprint density at radius 3 is 2.94 bits per heavy atom. The zero-order valence-corrected chi connectivity index (χ0v) is 12.0. The first-order valence-electron chi connectivity index (χ1n) is 5.68. The van der Waals surface area contributed by atoms with E-state index in [0.717, 1.165) is 4.47 Å². The van der Waals surface area contributed by atoms with E-state index in [1.165, 1.54) is 0 Å². The summed E-state index contributed by atoms with van der Waals surface area (Å²) in [4.78, 5) is 11.4. The largest absolute Gasteiger partial charge is 0.466 e. The number of nitrogens with one attached hydrogen (secondary N) is 1. The molecule has 5 heteroatoms. The number of rotatable bonds is 5. The van der Waals surface area contributed by atoms with Crippen molar-refractivity contribution >= 4 is 27.6 Å². The number of hydrogen-bond acceptors (Lipinski definition) is 4. The summed E-state index contributed by atoms with van der Waals surface area (Å²) in [6.45, 7) is 4.38. The molecule has 0 aromatic heterocycles. The molecule has 1 aromatic rings. The summed E-state index contributed by atoms with van der Waals surface area (Å²) >= 11 is 3.35. The van der Waals surface area contributed by atoms with Gasteiger partial charge in [-0.3, -0.25) is 4.79 Å². The Labute approximate surface area is 115 Å². The molecule has 0 aliphatic carbocycles. The van der Waals surface area contributed by atoms with Crippen molar-refractivity contribution in [3.63, 3.8) is 0 Å². The smallest absolute Gasteiger partial charge is 0.310 e. The standard InChI is InChI=1S/C13H15BrN2O2/c1-3-18-13(17)9(2)8-16-12-6-11(14)5-4-10(12)7-15/h4-6,9,16H,3,8H2,1-2H3. The van der Waals surface area contributed by atoms with E-state index in [0.29, 0.717) is 24.4 Å². The highest BCUT2D eigenvalue weighted by atomic mass is 79.9. The van der Waals surface area contributed by atoms with Gasteiger partial charge in [-0.15, -0.1) is 0 Å². The Balaban J connectivity index is 2.66. The van der Waals surface area contributed by atoms with Crippen molar-refractivity contribution in [1.29, 1.82) is 5.26 Å². The van der Waals surface area contributed by atoms with Crippen LogP contribution in [0.5, 0.6) is 0 Å². The Hall–Kier alpha value is -1.54. The number of carbonyl (C=O) groups is 1. The third-order valence-electron chi connectivity index (χ3n) is 2.39. The van der Waals surface area contributed by atoms with E-state index in [1.54, 1.807) is 26.0 Å². The molecule has 1 N–H and O–H groups in total. The number of benzene rings is 1. The van der Waals surface area contributed by atoms with Crippen LogP contribution in [-0.4, -0.2) is 19.1 Å². The normalized spacial score (nSPS) is 11.4. The second-order valence-corrected chi connectivity index (χ2v) is 4.75. The van der Waals surface area contributed by atoms with Crippen LogP contribution in [0.3, 0.4) is 0 Å². The number of anilines is 1. The highest BCUT2D eigenvalue weighted by Gasteiger charge is 2.14. The molecule has 1 rings (SSSR count). The Morgan fingerprint density at radius 1 is 1.61 bits per heavy atom. The van der Waals surface area contributed by atoms with Crippen LogP contribution in [0, 0.1) is 17.2 Å². The SMILES string of the molecule is CCOC(=O)C(C)CNc1cc(Br)ccc1C#N. The quantitative estimate of drug-likeness (QED) is 0.849. The van der Waals surface area contributed by atoms with Gasteiger partial charge in [0.2, 0.25) is 0 Å². The second-order valence-electron chi connectivity index (χ2n) is 3.84. The highest BCUT2D eigenvalue weighted by Crippen LogP contribution is 2.21. The molecule has 4 nitrogen and oxygen atoms in total. The van der Waals surface area contributed by atoms with Gasteiger partial charge in [0.05, 0.1) is 23.8 Å². The van der Waals surface area contributed by atoms with Crippen LogP contribution in [0.1, 0.15) is 19.4 Å². The van der Waals surface area contributed by atoms with E-state index in [9.17, 15) is 4.79 Å². The summed E-state index contributed by atoms with van der Waals surface area (Å²) in [6.07, 6.45) is 0. The van der Waals surface area contributed by atoms with Crippen LogP contribution in [-0.2, 0) is 9.53 Å². The number of halogens is 1. The second kappa shape index (κ2) is 7.02. The summed E-state index contributed by atoms with van der Waals surface area (Å²) in [5, 5.41) is 12.1. The van der Waals surface area contributed by atoms with Crippen molar-refractivity contribution in [2.24, 2.45) is 5.92 Å². The maximum Gasteiger partial charge on any atom is 0.310 e. The fourth-order valence-electron chi connectivity index (χ4n) is 1.39. The first-order chi connectivity index (χ1) is 8.58. The predicted octanol–water partition coefficient (Wildman–Crippen LogP) is 2.93. The van der Waals surface area contributed by atoms with Crippen molar-refractivity contribution in [2.45, 2.75) is 13.8 Å². The number of carbonyl (C=O) groups excluding carboxylic acids is 1. The highest BCUT2D eigenvalue weighted by molar-refractivity contribution is 9.10. The molecule has 1 aromatic carbocycles. The molecule has 0 aliphatic rings. The zero-order chi connectivity index (χ0) is 13.5. The van der Waals surface area contributed by atoms with Gasteiger partial charge in [-0.25, -0.2) is 0 Å². The lowest BCUT2D eigenvalue weighted by molar-refractivity contribution is -0.146. The Morgan fingerprint density at radius 2 is 2.33 bits per heavy atom. The van der Waals surface area contributed by atoms with E-state index in [2.05, 4.69) is 27.3 Å². The minimum atomic E-state index is -0.254. The molecular weight excluding hydrogens is 296 g/mol. The lowest BCUT2D eigenvalue weighted by Crippen LogP contribution is -2.22. The molecule has 1 unspecified atom stereocenters. The van der Waals surface area contributed by atoms with Crippen molar-refractivity contribution < 1.29 is 9.53 Å². The van der Waals surface area contributed by atoms with Crippen LogP contribution in [0.25, 0.3) is 0 Å². The molecule has 0 aliphatic heterocycles. The van der Waals surface area contributed by atoms with Crippen molar-refractivity contribution in [1.82, 2.24) is 0 Å². The number of nitriles is 1. The maximum atomic E-state index is 11.4. The van der Waals surface area contributed by atoms with Crippen LogP contribution < -0.4 is 5.32 Å². The van der Waals surface area contributed by atoms with Crippen LogP contribution >= 0.6 is 15.9 Å². The number of nitrogens with zero attached hydrogens (tertiary/aromatic N) is 1. The molecule has 0 bridgehead atoms. The first-order valence-corrected chi connectivity index (χ1v) is 6.48. The molecule has 1 atom stereocenters. The van der Waals surface area contributed by atoms with Crippen molar-refractivity contribution in [2.75, 3.05) is 18.5 Å². The van der Waals surface area contributed by atoms with Crippen LogP contribution in [0.4, 0.5) is 5.69 Å². The van der Waals surface area contributed by atoms with Gasteiger partial charge in [0.15, 0.2) is 0 Å². The summed E-state index contributed by atoms with van der Waals surface area (Å²) < 4.78 is 5.80. The Bertz CT molecular complexity index is 469. The first kappa shape index (κ1) is 14.5. The monoisotopic (exact) mass is 310 g/mol.